The summed E-state index contributed by atoms with van der Waals surface area (Å²) in [7, 11) is 1.51. The van der Waals surface area contributed by atoms with Crippen molar-refractivity contribution in [1.82, 2.24) is 24.7 Å². The van der Waals surface area contributed by atoms with Crippen LogP contribution >= 0.6 is 11.8 Å². The van der Waals surface area contributed by atoms with Crippen LogP contribution in [-0.4, -0.2) is 38.0 Å². The van der Waals surface area contributed by atoms with Crippen LogP contribution in [0.15, 0.2) is 50.7 Å². The highest BCUT2D eigenvalue weighted by atomic mass is 32.2. The Labute approximate surface area is 152 Å². The standard InChI is InChI=1S/C17H15N5O3S/c1-24-12-8-11(25-21-12)14-18-13-15(19-14)22(17(23)20-16(13)26-2)9-10-6-4-3-5-7-10/h3-8H,9H2,1-2H3,(H,18,19). The summed E-state index contributed by atoms with van der Waals surface area (Å²) in [5, 5.41) is 4.37. The molecule has 0 atom stereocenters. The van der Waals surface area contributed by atoms with Gasteiger partial charge in [-0.2, -0.15) is 4.98 Å². The molecule has 26 heavy (non-hydrogen) atoms. The van der Waals surface area contributed by atoms with Crippen molar-refractivity contribution < 1.29 is 9.26 Å². The van der Waals surface area contributed by atoms with Crippen molar-refractivity contribution in [2.45, 2.75) is 11.6 Å². The van der Waals surface area contributed by atoms with Crippen LogP contribution in [0.1, 0.15) is 5.56 Å². The van der Waals surface area contributed by atoms with E-state index in [4.69, 9.17) is 9.26 Å². The van der Waals surface area contributed by atoms with Gasteiger partial charge >= 0.3 is 5.69 Å². The summed E-state index contributed by atoms with van der Waals surface area (Å²) in [6.07, 6.45) is 1.86. The van der Waals surface area contributed by atoms with Crippen LogP contribution in [0.2, 0.25) is 0 Å². The molecule has 0 amide bonds. The van der Waals surface area contributed by atoms with Gasteiger partial charge in [-0.25, -0.2) is 9.78 Å². The monoisotopic (exact) mass is 369 g/mol. The average Bonchev–Trinajstić information content (AvgIpc) is 3.31. The molecule has 1 aromatic carbocycles. The first-order valence-electron chi connectivity index (χ1n) is 7.79. The van der Waals surface area contributed by atoms with Crippen molar-refractivity contribution in [2.24, 2.45) is 0 Å². The number of thioether (sulfide) groups is 1. The molecule has 132 valence electrons. The Kier molecular flexibility index (Phi) is 4.21. The number of imidazole rings is 1. The molecule has 0 unspecified atom stereocenters. The van der Waals surface area contributed by atoms with Crippen LogP contribution in [0.4, 0.5) is 0 Å². The van der Waals surface area contributed by atoms with Gasteiger partial charge in [0.15, 0.2) is 11.5 Å². The van der Waals surface area contributed by atoms with Gasteiger partial charge in [0, 0.05) is 0 Å². The highest BCUT2D eigenvalue weighted by Gasteiger charge is 2.18. The lowest BCUT2D eigenvalue weighted by molar-refractivity contribution is 0.342. The van der Waals surface area contributed by atoms with Gasteiger partial charge in [-0.3, -0.25) is 4.57 Å². The quantitative estimate of drug-likeness (QED) is 0.426. The number of rotatable bonds is 5. The first-order chi connectivity index (χ1) is 12.7. The molecule has 0 aliphatic carbocycles. The van der Waals surface area contributed by atoms with E-state index in [1.807, 2.05) is 36.6 Å². The minimum atomic E-state index is -0.348. The Morgan fingerprint density at radius 3 is 2.77 bits per heavy atom. The summed E-state index contributed by atoms with van der Waals surface area (Å²) in [5.74, 6) is 1.23. The van der Waals surface area contributed by atoms with Crippen molar-refractivity contribution in [3.8, 4) is 17.5 Å². The van der Waals surface area contributed by atoms with Crippen LogP contribution in [0.5, 0.6) is 5.88 Å². The number of methoxy groups -OCH3 is 1. The van der Waals surface area contributed by atoms with E-state index in [1.165, 1.54) is 23.4 Å². The highest BCUT2D eigenvalue weighted by molar-refractivity contribution is 7.98. The topological polar surface area (TPSA) is 98.8 Å². The van der Waals surface area contributed by atoms with Crippen molar-refractivity contribution >= 4 is 22.9 Å². The maximum Gasteiger partial charge on any atom is 0.350 e. The van der Waals surface area contributed by atoms with E-state index in [9.17, 15) is 4.79 Å². The average molecular weight is 369 g/mol. The number of hydrogen-bond acceptors (Lipinski definition) is 7. The number of hydrogen-bond donors (Lipinski definition) is 1. The Hall–Kier alpha value is -3.07. The number of benzene rings is 1. The largest absolute Gasteiger partial charge is 0.479 e. The van der Waals surface area contributed by atoms with Crippen LogP contribution in [-0.2, 0) is 6.54 Å². The summed E-state index contributed by atoms with van der Waals surface area (Å²) in [4.78, 5) is 24.5. The molecule has 3 heterocycles. The van der Waals surface area contributed by atoms with Gasteiger partial charge in [0.1, 0.15) is 10.5 Å². The minimum absolute atomic E-state index is 0.348. The number of ether oxygens (including phenoxy) is 1. The molecule has 0 aliphatic heterocycles. The fraction of sp³-hybridized carbons (Fsp3) is 0.176. The second kappa shape index (κ2) is 6.68. The normalized spacial score (nSPS) is 11.2. The SMILES string of the molecule is COc1cc(-c2nc3c([nH]2)c(SC)nc(=O)n3Cc2ccccc2)on1. The summed E-state index contributed by atoms with van der Waals surface area (Å²) in [6, 6.07) is 11.3. The van der Waals surface area contributed by atoms with E-state index in [-0.39, 0.29) is 5.69 Å². The van der Waals surface area contributed by atoms with E-state index in [2.05, 4.69) is 20.1 Å². The molecule has 1 N–H and O–H groups in total. The van der Waals surface area contributed by atoms with Crippen molar-refractivity contribution in [3.05, 3.63) is 52.4 Å². The van der Waals surface area contributed by atoms with Gasteiger partial charge in [-0.1, -0.05) is 30.3 Å². The van der Waals surface area contributed by atoms with Gasteiger partial charge in [0.25, 0.3) is 5.88 Å². The first kappa shape index (κ1) is 16.4. The lowest BCUT2D eigenvalue weighted by Crippen LogP contribution is -2.24. The Morgan fingerprint density at radius 2 is 2.08 bits per heavy atom. The first-order valence-corrected chi connectivity index (χ1v) is 9.01. The van der Waals surface area contributed by atoms with Crippen LogP contribution in [0, 0.1) is 0 Å². The second-order valence-electron chi connectivity index (χ2n) is 5.49. The van der Waals surface area contributed by atoms with E-state index in [1.54, 1.807) is 6.07 Å². The van der Waals surface area contributed by atoms with Crippen molar-refractivity contribution in [3.63, 3.8) is 0 Å². The molecule has 0 aliphatic rings. The molecule has 3 aromatic heterocycles. The van der Waals surface area contributed by atoms with E-state index < -0.39 is 0 Å². The third kappa shape index (κ3) is 2.86. The van der Waals surface area contributed by atoms with E-state index in [0.29, 0.717) is 40.2 Å². The maximum absolute atomic E-state index is 12.5. The fourth-order valence-corrected chi connectivity index (χ4v) is 3.16. The van der Waals surface area contributed by atoms with Gasteiger partial charge in [0.2, 0.25) is 5.76 Å². The molecule has 4 rings (SSSR count). The zero-order valence-corrected chi connectivity index (χ0v) is 14.9. The number of H-pyrrole nitrogens is 1. The molecule has 9 heteroatoms. The lowest BCUT2D eigenvalue weighted by atomic mass is 10.2. The van der Waals surface area contributed by atoms with Crippen molar-refractivity contribution in [2.75, 3.05) is 13.4 Å². The summed E-state index contributed by atoms with van der Waals surface area (Å²) in [5.41, 5.74) is 1.83. The predicted octanol–water partition coefficient (Wildman–Crippen LogP) is 2.55. The van der Waals surface area contributed by atoms with Gasteiger partial charge in [-0.15, -0.1) is 11.8 Å². The summed E-state index contributed by atoms with van der Waals surface area (Å²) in [6.45, 7) is 0.377. The maximum atomic E-state index is 12.5. The van der Waals surface area contributed by atoms with Crippen molar-refractivity contribution in [1.29, 1.82) is 0 Å². The van der Waals surface area contributed by atoms with E-state index in [0.717, 1.165) is 5.56 Å². The lowest BCUT2D eigenvalue weighted by Gasteiger charge is -2.07. The van der Waals surface area contributed by atoms with E-state index >= 15 is 0 Å². The molecule has 0 bridgehead atoms. The predicted molar refractivity (Wildman–Crippen MR) is 97.5 cm³/mol. The minimum Gasteiger partial charge on any atom is -0.479 e. The zero-order valence-electron chi connectivity index (χ0n) is 14.1. The number of fused-ring (bicyclic) bond motifs is 1. The fourth-order valence-electron chi connectivity index (χ4n) is 2.64. The number of aromatic amines is 1. The summed E-state index contributed by atoms with van der Waals surface area (Å²) >= 11 is 1.38. The molecule has 0 radical (unpaired) electrons. The molecule has 0 saturated heterocycles. The smallest absolute Gasteiger partial charge is 0.350 e. The molecule has 0 fully saturated rings. The molecule has 8 nitrogen and oxygen atoms in total. The van der Waals surface area contributed by atoms with Gasteiger partial charge in [-0.05, 0) is 17.0 Å². The Balaban J connectivity index is 1.88. The second-order valence-corrected chi connectivity index (χ2v) is 6.29. The third-order valence-electron chi connectivity index (χ3n) is 3.89. The molecule has 0 spiro atoms. The Bertz CT molecular complexity index is 1120. The zero-order chi connectivity index (χ0) is 18.1. The Morgan fingerprint density at radius 1 is 1.27 bits per heavy atom. The number of aromatic nitrogens is 5. The molecular formula is C17H15N5O3S. The highest BCUT2D eigenvalue weighted by Crippen LogP contribution is 2.27. The van der Waals surface area contributed by atoms with Gasteiger partial charge < -0.3 is 14.2 Å². The third-order valence-corrected chi connectivity index (χ3v) is 4.57. The number of nitrogens with zero attached hydrogens (tertiary/aromatic N) is 4. The van der Waals surface area contributed by atoms with Gasteiger partial charge in [0.05, 0.1) is 19.7 Å². The number of nitrogens with one attached hydrogen (secondary N) is 1. The molecule has 0 saturated carbocycles. The van der Waals surface area contributed by atoms with Crippen LogP contribution < -0.4 is 10.4 Å². The summed E-state index contributed by atoms with van der Waals surface area (Å²) < 4.78 is 11.8. The van der Waals surface area contributed by atoms with Crippen LogP contribution in [0.3, 0.4) is 0 Å². The molecular weight excluding hydrogens is 354 g/mol. The van der Waals surface area contributed by atoms with Crippen LogP contribution in [0.25, 0.3) is 22.7 Å². The molecule has 4 aromatic rings.